The normalized spacial score (nSPS) is 12.4. The van der Waals surface area contributed by atoms with Crippen LogP contribution >= 0.6 is 11.6 Å². The Morgan fingerprint density at radius 1 is 1.00 bits per heavy atom. The quantitative estimate of drug-likeness (QED) is 0.233. The summed E-state index contributed by atoms with van der Waals surface area (Å²) in [5, 5.41) is 5.06. The van der Waals surface area contributed by atoms with Crippen molar-refractivity contribution in [2.45, 2.75) is 59.8 Å². The van der Waals surface area contributed by atoms with Gasteiger partial charge in [0, 0.05) is 21.7 Å². The van der Waals surface area contributed by atoms with Crippen LogP contribution in [0, 0.1) is 13.8 Å². The van der Waals surface area contributed by atoms with Crippen LogP contribution in [0.15, 0.2) is 66.7 Å². The molecule has 0 aliphatic heterocycles. The summed E-state index contributed by atoms with van der Waals surface area (Å²) in [7, 11) is 0. The van der Waals surface area contributed by atoms with E-state index in [9.17, 15) is 4.79 Å². The molecule has 0 bridgehead atoms. The average Bonchev–Trinajstić information content (AvgIpc) is 2.86. The topological polar surface area (TPSA) is 60.5 Å². The molecule has 1 heterocycles. The summed E-state index contributed by atoms with van der Waals surface area (Å²) in [6.07, 6.45) is -0.896. The molecule has 4 aromatic rings. The Hall–Kier alpha value is -3.41. The number of fused-ring (bicyclic) bond motifs is 1. The SMILES string of the molecule is CCOC(=O)[C@@H](OC(C)(C)C)c1c(C)cc2nc(CNc3ccccc3C)ccc2c1-c1ccc(Cl)cc1. The molecule has 198 valence electrons. The summed E-state index contributed by atoms with van der Waals surface area (Å²) in [6, 6.07) is 22.0. The second-order valence-electron chi connectivity index (χ2n) is 10.4. The van der Waals surface area contributed by atoms with Crippen molar-refractivity contribution in [1.29, 1.82) is 0 Å². The number of anilines is 1. The zero-order valence-electron chi connectivity index (χ0n) is 22.9. The number of esters is 1. The zero-order chi connectivity index (χ0) is 27.4. The summed E-state index contributed by atoms with van der Waals surface area (Å²) >= 11 is 6.23. The first-order valence-electron chi connectivity index (χ1n) is 12.9. The van der Waals surface area contributed by atoms with Gasteiger partial charge in [-0.1, -0.05) is 48.0 Å². The molecule has 0 aliphatic rings. The van der Waals surface area contributed by atoms with Gasteiger partial charge < -0.3 is 14.8 Å². The summed E-state index contributed by atoms with van der Waals surface area (Å²) in [6.45, 7) is 12.6. The summed E-state index contributed by atoms with van der Waals surface area (Å²) in [5.74, 6) is -0.410. The molecular weight excluding hydrogens is 496 g/mol. The van der Waals surface area contributed by atoms with Crippen molar-refractivity contribution in [3.63, 3.8) is 0 Å². The molecule has 1 aromatic heterocycles. The molecule has 0 aliphatic carbocycles. The minimum Gasteiger partial charge on any atom is -0.464 e. The Kier molecular flexibility index (Phi) is 8.39. The standard InChI is InChI=1S/C32H35ClN2O3/c1-7-37-31(36)30(38-32(4,5)6)28-21(3)18-27-25(29(28)22-12-14-23(33)15-13-22)17-16-24(35-27)19-34-26-11-9-8-10-20(26)2/h8-18,30,34H,7,19H2,1-6H3/t30-/m0/s1. The van der Waals surface area contributed by atoms with E-state index in [1.807, 2.05) is 76.2 Å². The number of nitrogens with zero attached hydrogens (tertiary/aromatic N) is 1. The molecule has 0 unspecified atom stereocenters. The van der Waals surface area contributed by atoms with Gasteiger partial charge in [0.05, 0.1) is 30.0 Å². The van der Waals surface area contributed by atoms with Gasteiger partial charge in [-0.2, -0.15) is 0 Å². The molecule has 0 amide bonds. The summed E-state index contributed by atoms with van der Waals surface area (Å²) < 4.78 is 11.8. The van der Waals surface area contributed by atoms with Gasteiger partial charge in [-0.3, -0.25) is 4.98 Å². The lowest BCUT2D eigenvalue weighted by Crippen LogP contribution is -2.29. The van der Waals surface area contributed by atoms with E-state index in [4.69, 9.17) is 26.1 Å². The maximum atomic E-state index is 13.3. The number of carbonyl (C=O) groups is 1. The predicted molar refractivity (Wildman–Crippen MR) is 156 cm³/mol. The van der Waals surface area contributed by atoms with Crippen molar-refractivity contribution in [2.24, 2.45) is 0 Å². The van der Waals surface area contributed by atoms with Crippen LogP contribution in [0.3, 0.4) is 0 Å². The van der Waals surface area contributed by atoms with Gasteiger partial charge >= 0.3 is 5.97 Å². The van der Waals surface area contributed by atoms with Gasteiger partial charge in [0.1, 0.15) is 0 Å². The maximum absolute atomic E-state index is 13.3. The number of aryl methyl sites for hydroxylation is 2. The first-order valence-corrected chi connectivity index (χ1v) is 13.3. The van der Waals surface area contributed by atoms with Crippen LogP contribution in [0.5, 0.6) is 0 Å². The first-order chi connectivity index (χ1) is 18.1. The number of para-hydroxylation sites is 1. The number of aromatic nitrogens is 1. The molecule has 0 fully saturated rings. The molecule has 5 nitrogen and oxygen atoms in total. The second kappa shape index (κ2) is 11.5. The highest BCUT2D eigenvalue weighted by atomic mass is 35.5. The monoisotopic (exact) mass is 530 g/mol. The van der Waals surface area contributed by atoms with Crippen molar-refractivity contribution in [2.75, 3.05) is 11.9 Å². The van der Waals surface area contributed by atoms with Crippen LogP contribution in [0.2, 0.25) is 5.02 Å². The second-order valence-corrected chi connectivity index (χ2v) is 10.8. The van der Waals surface area contributed by atoms with Crippen molar-refractivity contribution in [3.8, 4) is 11.1 Å². The van der Waals surface area contributed by atoms with Crippen LogP contribution in [0.4, 0.5) is 5.69 Å². The van der Waals surface area contributed by atoms with Crippen LogP contribution in [-0.2, 0) is 20.8 Å². The van der Waals surface area contributed by atoms with Gasteiger partial charge in [0.15, 0.2) is 6.10 Å². The molecular formula is C32H35ClN2O3. The largest absolute Gasteiger partial charge is 0.464 e. The number of ether oxygens (including phenoxy) is 2. The third-order valence-electron chi connectivity index (χ3n) is 6.27. The lowest BCUT2D eigenvalue weighted by molar-refractivity contribution is -0.166. The summed E-state index contributed by atoms with van der Waals surface area (Å²) in [4.78, 5) is 18.3. The van der Waals surface area contributed by atoms with Crippen LogP contribution in [0.25, 0.3) is 22.0 Å². The van der Waals surface area contributed by atoms with E-state index in [1.165, 1.54) is 5.56 Å². The number of rotatable bonds is 8. The van der Waals surface area contributed by atoms with Gasteiger partial charge in [-0.25, -0.2) is 4.79 Å². The highest BCUT2D eigenvalue weighted by molar-refractivity contribution is 6.30. The van der Waals surface area contributed by atoms with E-state index in [0.717, 1.165) is 44.5 Å². The van der Waals surface area contributed by atoms with Gasteiger partial charge in [0.25, 0.3) is 0 Å². The van der Waals surface area contributed by atoms with Crippen molar-refractivity contribution in [1.82, 2.24) is 4.98 Å². The number of benzene rings is 3. The number of hydrogen-bond acceptors (Lipinski definition) is 5. The van der Waals surface area contributed by atoms with E-state index in [1.54, 1.807) is 6.92 Å². The van der Waals surface area contributed by atoms with Crippen molar-refractivity contribution in [3.05, 3.63) is 94.1 Å². The minimum atomic E-state index is -0.896. The van der Waals surface area contributed by atoms with Crippen LogP contribution < -0.4 is 5.32 Å². The van der Waals surface area contributed by atoms with Crippen molar-refractivity contribution >= 4 is 34.2 Å². The Labute approximate surface area is 230 Å². The fraction of sp³-hybridized carbons (Fsp3) is 0.312. The molecule has 4 rings (SSSR count). The fourth-order valence-corrected chi connectivity index (χ4v) is 4.71. The molecule has 0 saturated carbocycles. The third kappa shape index (κ3) is 6.35. The highest BCUT2D eigenvalue weighted by Gasteiger charge is 2.33. The smallest absolute Gasteiger partial charge is 0.339 e. The van der Waals surface area contributed by atoms with E-state index < -0.39 is 17.7 Å². The average molecular weight is 531 g/mol. The molecule has 0 spiro atoms. The number of nitrogens with one attached hydrogen (secondary N) is 1. The van der Waals surface area contributed by atoms with E-state index >= 15 is 0 Å². The minimum absolute atomic E-state index is 0.268. The van der Waals surface area contributed by atoms with Gasteiger partial charge in [-0.05, 0) is 94.1 Å². The molecule has 1 N–H and O–H groups in total. The van der Waals surface area contributed by atoms with Gasteiger partial charge in [0.2, 0.25) is 0 Å². The number of halogens is 1. The zero-order valence-corrected chi connectivity index (χ0v) is 23.6. The lowest BCUT2D eigenvalue weighted by Gasteiger charge is -2.29. The Bertz CT molecular complexity index is 1440. The Morgan fingerprint density at radius 3 is 2.37 bits per heavy atom. The molecule has 0 saturated heterocycles. The molecule has 3 aromatic carbocycles. The van der Waals surface area contributed by atoms with Crippen LogP contribution in [-0.4, -0.2) is 23.2 Å². The maximum Gasteiger partial charge on any atom is 0.339 e. The Morgan fingerprint density at radius 2 is 1.71 bits per heavy atom. The van der Waals surface area contributed by atoms with E-state index in [0.29, 0.717) is 11.6 Å². The first kappa shape index (κ1) is 27.6. The van der Waals surface area contributed by atoms with E-state index in [2.05, 4.69) is 30.4 Å². The molecule has 6 heteroatoms. The van der Waals surface area contributed by atoms with Crippen LogP contribution in [0.1, 0.15) is 56.2 Å². The molecule has 0 radical (unpaired) electrons. The number of carbonyl (C=O) groups excluding carboxylic acids is 1. The fourth-order valence-electron chi connectivity index (χ4n) is 4.58. The molecule has 1 atom stereocenters. The summed E-state index contributed by atoms with van der Waals surface area (Å²) in [5.41, 5.74) is 6.97. The lowest BCUT2D eigenvalue weighted by atomic mass is 9.88. The third-order valence-corrected chi connectivity index (χ3v) is 6.52. The molecule has 38 heavy (non-hydrogen) atoms. The highest BCUT2D eigenvalue weighted by Crippen LogP contribution is 2.41. The Balaban J connectivity index is 1.87. The number of hydrogen-bond donors (Lipinski definition) is 1. The number of pyridine rings is 1. The predicted octanol–water partition coefficient (Wildman–Crippen LogP) is 8.20. The van der Waals surface area contributed by atoms with Crippen molar-refractivity contribution < 1.29 is 14.3 Å². The van der Waals surface area contributed by atoms with Gasteiger partial charge in [-0.15, -0.1) is 0 Å². The van der Waals surface area contributed by atoms with E-state index in [-0.39, 0.29) is 6.61 Å².